The van der Waals surface area contributed by atoms with E-state index in [2.05, 4.69) is 0 Å². The molecule has 0 saturated heterocycles. The van der Waals surface area contributed by atoms with Crippen LogP contribution in [0.4, 0.5) is 5.69 Å². The molecule has 0 saturated carbocycles. The molecule has 0 aliphatic heterocycles. The number of anilines is 1. The molecule has 2 N–H and O–H groups in total. The zero-order valence-electron chi connectivity index (χ0n) is 10.5. The van der Waals surface area contributed by atoms with Crippen molar-refractivity contribution in [3.05, 3.63) is 28.8 Å². The van der Waals surface area contributed by atoms with Crippen molar-refractivity contribution in [2.45, 2.75) is 27.7 Å². The third kappa shape index (κ3) is 2.35. The highest BCUT2D eigenvalue weighted by Gasteiger charge is 2.15. The molecule has 3 nitrogen and oxygen atoms in total. The molecule has 0 aliphatic rings. The minimum Gasteiger partial charge on any atom is -0.398 e. The summed E-state index contributed by atoms with van der Waals surface area (Å²) in [5.74, 6) is 0.0641. The summed E-state index contributed by atoms with van der Waals surface area (Å²) < 4.78 is 0. The predicted octanol–water partition coefficient (Wildman–Crippen LogP) is 2.37. The van der Waals surface area contributed by atoms with Crippen LogP contribution < -0.4 is 5.73 Å². The molecule has 1 aromatic rings. The monoisotopic (exact) mass is 220 g/mol. The fourth-order valence-corrected chi connectivity index (χ4v) is 1.78. The van der Waals surface area contributed by atoms with Crippen LogP contribution in [-0.4, -0.2) is 23.9 Å². The Hall–Kier alpha value is -1.51. The van der Waals surface area contributed by atoms with Crippen molar-refractivity contribution in [2.75, 3.05) is 18.8 Å². The SMILES string of the molecule is CCN(CC)C(=O)c1cc(N)c(C)cc1C. The third-order valence-electron chi connectivity index (χ3n) is 2.89. The number of benzene rings is 1. The summed E-state index contributed by atoms with van der Waals surface area (Å²) in [6, 6.07) is 3.75. The van der Waals surface area contributed by atoms with Gasteiger partial charge in [0.25, 0.3) is 5.91 Å². The Morgan fingerprint density at radius 3 is 2.25 bits per heavy atom. The fraction of sp³-hybridized carbons (Fsp3) is 0.462. The topological polar surface area (TPSA) is 46.3 Å². The molecular weight excluding hydrogens is 200 g/mol. The second-order valence-electron chi connectivity index (χ2n) is 4.00. The van der Waals surface area contributed by atoms with Crippen LogP contribution >= 0.6 is 0 Å². The number of carbonyl (C=O) groups excluding carboxylic acids is 1. The van der Waals surface area contributed by atoms with E-state index in [1.165, 1.54) is 0 Å². The van der Waals surface area contributed by atoms with Crippen molar-refractivity contribution in [1.29, 1.82) is 0 Å². The van der Waals surface area contributed by atoms with Gasteiger partial charge in [0, 0.05) is 24.3 Å². The normalized spacial score (nSPS) is 10.2. The maximum absolute atomic E-state index is 12.2. The Morgan fingerprint density at radius 1 is 1.19 bits per heavy atom. The number of nitrogen functional groups attached to an aromatic ring is 1. The lowest BCUT2D eigenvalue weighted by Gasteiger charge is -2.20. The maximum Gasteiger partial charge on any atom is 0.254 e. The molecule has 0 unspecified atom stereocenters. The van der Waals surface area contributed by atoms with Crippen LogP contribution in [0.1, 0.15) is 35.3 Å². The lowest BCUT2D eigenvalue weighted by molar-refractivity contribution is 0.0772. The largest absolute Gasteiger partial charge is 0.398 e. The van der Waals surface area contributed by atoms with E-state index in [0.29, 0.717) is 11.3 Å². The first kappa shape index (κ1) is 12.6. The van der Waals surface area contributed by atoms with Gasteiger partial charge in [-0.25, -0.2) is 0 Å². The molecule has 1 aromatic carbocycles. The van der Waals surface area contributed by atoms with Gasteiger partial charge >= 0.3 is 0 Å². The van der Waals surface area contributed by atoms with Crippen molar-refractivity contribution >= 4 is 11.6 Å². The highest BCUT2D eigenvalue weighted by Crippen LogP contribution is 2.19. The number of hydrogen-bond acceptors (Lipinski definition) is 2. The van der Waals surface area contributed by atoms with Gasteiger partial charge in [0.2, 0.25) is 0 Å². The van der Waals surface area contributed by atoms with Gasteiger partial charge in [-0.15, -0.1) is 0 Å². The van der Waals surface area contributed by atoms with Crippen LogP contribution in [0.3, 0.4) is 0 Å². The Bertz CT molecular complexity index is 395. The van der Waals surface area contributed by atoms with E-state index in [-0.39, 0.29) is 5.91 Å². The minimum atomic E-state index is 0.0641. The molecule has 0 aliphatic carbocycles. The van der Waals surface area contributed by atoms with Gasteiger partial charge in [-0.05, 0) is 44.9 Å². The van der Waals surface area contributed by atoms with E-state index < -0.39 is 0 Å². The number of hydrogen-bond donors (Lipinski definition) is 1. The van der Waals surface area contributed by atoms with Gasteiger partial charge in [0.1, 0.15) is 0 Å². The maximum atomic E-state index is 12.2. The van der Waals surface area contributed by atoms with E-state index >= 15 is 0 Å². The van der Waals surface area contributed by atoms with Crippen LogP contribution in [0, 0.1) is 13.8 Å². The molecule has 0 heterocycles. The molecule has 0 atom stereocenters. The van der Waals surface area contributed by atoms with Gasteiger partial charge in [0.05, 0.1) is 0 Å². The molecule has 0 bridgehead atoms. The molecule has 88 valence electrons. The molecule has 1 rings (SSSR count). The number of nitrogens with two attached hydrogens (primary N) is 1. The summed E-state index contributed by atoms with van der Waals surface area (Å²) in [6.45, 7) is 9.31. The summed E-state index contributed by atoms with van der Waals surface area (Å²) in [7, 11) is 0. The highest BCUT2D eigenvalue weighted by molar-refractivity contribution is 5.96. The number of nitrogens with zero attached hydrogens (tertiary/aromatic N) is 1. The van der Waals surface area contributed by atoms with E-state index in [1.807, 2.05) is 33.8 Å². The molecule has 0 fully saturated rings. The Morgan fingerprint density at radius 2 is 1.75 bits per heavy atom. The molecular formula is C13H20N2O. The summed E-state index contributed by atoms with van der Waals surface area (Å²) in [5.41, 5.74) is 9.25. The summed E-state index contributed by atoms with van der Waals surface area (Å²) in [6.07, 6.45) is 0. The van der Waals surface area contributed by atoms with Crippen LogP contribution in [0.2, 0.25) is 0 Å². The van der Waals surface area contributed by atoms with E-state index in [9.17, 15) is 4.79 Å². The highest BCUT2D eigenvalue weighted by atomic mass is 16.2. The van der Waals surface area contributed by atoms with Gasteiger partial charge in [0.15, 0.2) is 0 Å². The molecule has 3 heteroatoms. The summed E-state index contributed by atoms with van der Waals surface area (Å²) in [5, 5.41) is 0. The van der Waals surface area contributed by atoms with Gasteiger partial charge in [-0.2, -0.15) is 0 Å². The van der Waals surface area contributed by atoms with Gasteiger partial charge < -0.3 is 10.6 Å². The first-order valence-electron chi connectivity index (χ1n) is 5.67. The first-order chi connectivity index (χ1) is 7.51. The zero-order valence-corrected chi connectivity index (χ0v) is 10.5. The second kappa shape index (κ2) is 5.01. The fourth-order valence-electron chi connectivity index (χ4n) is 1.78. The summed E-state index contributed by atoms with van der Waals surface area (Å²) >= 11 is 0. The van der Waals surface area contributed by atoms with E-state index in [0.717, 1.165) is 24.2 Å². The third-order valence-corrected chi connectivity index (χ3v) is 2.89. The molecule has 0 aromatic heterocycles. The van der Waals surface area contributed by atoms with Gasteiger partial charge in [-0.1, -0.05) is 6.07 Å². The Balaban J connectivity index is 3.13. The van der Waals surface area contributed by atoms with E-state index in [1.54, 1.807) is 11.0 Å². The smallest absolute Gasteiger partial charge is 0.254 e. The van der Waals surface area contributed by atoms with Crippen LogP contribution in [0.25, 0.3) is 0 Å². The zero-order chi connectivity index (χ0) is 12.3. The molecule has 16 heavy (non-hydrogen) atoms. The predicted molar refractivity (Wildman–Crippen MR) is 67.6 cm³/mol. The quantitative estimate of drug-likeness (QED) is 0.795. The molecule has 0 radical (unpaired) electrons. The van der Waals surface area contributed by atoms with Crippen molar-refractivity contribution in [2.24, 2.45) is 0 Å². The minimum absolute atomic E-state index is 0.0641. The number of amides is 1. The number of carbonyl (C=O) groups is 1. The van der Waals surface area contributed by atoms with E-state index in [4.69, 9.17) is 5.73 Å². The van der Waals surface area contributed by atoms with Crippen LogP contribution in [-0.2, 0) is 0 Å². The Labute approximate surface area is 97.2 Å². The number of aryl methyl sites for hydroxylation is 2. The van der Waals surface area contributed by atoms with Crippen LogP contribution in [0.15, 0.2) is 12.1 Å². The van der Waals surface area contributed by atoms with Crippen molar-refractivity contribution in [3.63, 3.8) is 0 Å². The second-order valence-corrected chi connectivity index (χ2v) is 4.00. The average molecular weight is 220 g/mol. The van der Waals surface area contributed by atoms with Crippen molar-refractivity contribution < 1.29 is 4.79 Å². The standard InChI is InChI=1S/C13H20N2O/c1-5-15(6-2)13(16)11-8-12(14)10(4)7-9(11)3/h7-8H,5-6,14H2,1-4H3. The van der Waals surface area contributed by atoms with Crippen molar-refractivity contribution in [1.82, 2.24) is 4.90 Å². The molecule has 0 spiro atoms. The lowest BCUT2D eigenvalue weighted by atomic mass is 10.0. The average Bonchev–Trinajstić information content (AvgIpc) is 2.25. The summed E-state index contributed by atoms with van der Waals surface area (Å²) in [4.78, 5) is 14.0. The Kier molecular flexibility index (Phi) is 3.93. The first-order valence-corrected chi connectivity index (χ1v) is 5.67. The van der Waals surface area contributed by atoms with Gasteiger partial charge in [-0.3, -0.25) is 4.79 Å². The lowest BCUT2D eigenvalue weighted by Crippen LogP contribution is -2.31. The van der Waals surface area contributed by atoms with Crippen molar-refractivity contribution in [3.8, 4) is 0 Å². The molecule has 1 amide bonds. The van der Waals surface area contributed by atoms with Crippen LogP contribution in [0.5, 0.6) is 0 Å². The number of rotatable bonds is 3.